The topological polar surface area (TPSA) is 43.4 Å². The van der Waals surface area contributed by atoms with Crippen LogP contribution in [-0.4, -0.2) is 24.0 Å². The molecule has 0 aliphatic carbocycles. The molecule has 3 nitrogen and oxygen atoms in total. The summed E-state index contributed by atoms with van der Waals surface area (Å²) in [6.07, 6.45) is 0.751. The van der Waals surface area contributed by atoms with Crippen molar-refractivity contribution in [2.45, 2.75) is 25.4 Å². The minimum atomic E-state index is -3.21. The van der Waals surface area contributed by atoms with E-state index >= 15 is 0 Å². The van der Waals surface area contributed by atoms with Crippen LogP contribution >= 0.6 is 18.9 Å². The van der Waals surface area contributed by atoms with E-state index in [2.05, 4.69) is 0 Å². The molecule has 4 aromatic rings. The first kappa shape index (κ1) is 25.8. The number of hydrogen-bond donors (Lipinski definition) is 0. The number of esters is 1. The Bertz CT molecular complexity index is 1180. The number of hydrogen-bond acceptors (Lipinski definition) is 3. The summed E-state index contributed by atoms with van der Waals surface area (Å²) in [4.78, 5) is 28.0. The maximum absolute atomic E-state index is 14.2. The van der Waals surface area contributed by atoms with Gasteiger partial charge in [-0.05, 0) is 0 Å². The number of ether oxygens (including phenoxy) is 1. The molecule has 0 bridgehead atoms. The van der Waals surface area contributed by atoms with Crippen LogP contribution in [0.2, 0.25) is 5.02 Å². The van der Waals surface area contributed by atoms with Gasteiger partial charge in [0, 0.05) is 0 Å². The number of ketones is 1. The zero-order chi connectivity index (χ0) is 25.4. The maximum atomic E-state index is 14.2. The Labute approximate surface area is 218 Å². The standard InChI is InChI=1S/C31H30ClO3P/c1-2-35-31(34)30(29(33)23-20-24-18-21-25(32)22-19-24)36(26-12-6-3-7-13-26,27-14-8-4-9-15-27)28-16-10-5-11-17-28/h3-19,21-22,30,36H,2,20,23H2,1H3. The van der Waals surface area contributed by atoms with E-state index in [1.165, 1.54) is 0 Å². The first-order valence-corrected chi connectivity index (χ1v) is 14.6. The average molecular weight is 517 g/mol. The minimum absolute atomic E-state index is 0.105. The molecule has 4 rings (SSSR count). The van der Waals surface area contributed by atoms with E-state index in [4.69, 9.17) is 16.3 Å². The van der Waals surface area contributed by atoms with Crippen molar-refractivity contribution in [3.8, 4) is 0 Å². The molecule has 184 valence electrons. The molecule has 36 heavy (non-hydrogen) atoms. The van der Waals surface area contributed by atoms with Gasteiger partial charge in [-0.2, -0.15) is 0 Å². The molecule has 0 amide bonds. The average Bonchev–Trinajstić information content (AvgIpc) is 2.93. The predicted molar refractivity (Wildman–Crippen MR) is 152 cm³/mol. The van der Waals surface area contributed by atoms with E-state index in [0.717, 1.165) is 21.5 Å². The molecule has 0 aliphatic rings. The summed E-state index contributed by atoms with van der Waals surface area (Å²) < 4.78 is 5.62. The van der Waals surface area contributed by atoms with Crippen LogP contribution in [0, 0.1) is 0 Å². The van der Waals surface area contributed by atoms with Crippen LogP contribution in [-0.2, 0) is 20.7 Å². The van der Waals surface area contributed by atoms with Crippen LogP contribution in [0.5, 0.6) is 0 Å². The summed E-state index contributed by atoms with van der Waals surface area (Å²) in [5, 5.41) is 3.65. The second kappa shape index (κ2) is 12.1. The predicted octanol–water partition coefficient (Wildman–Crippen LogP) is 5.50. The second-order valence-electron chi connectivity index (χ2n) is 8.68. The number of Topliss-reactive ketones (excluding diaryl/α,β-unsaturated/α-hetero) is 1. The van der Waals surface area contributed by atoms with Crippen LogP contribution in [0.4, 0.5) is 0 Å². The first-order chi connectivity index (χ1) is 17.6. The SMILES string of the molecule is CCOC(=O)C(C(=O)CCc1ccc(Cl)cc1)[PH](c1ccccc1)(c1ccccc1)c1ccccc1. The van der Waals surface area contributed by atoms with Crippen molar-refractivity contribution in [2.24, 2.45) is 0 Å². The summed E-state index contributed by atoms with van der Waals surface area (Å²) in [5.74, 6) is -0.562. The number of aryl methyl sites for hydroxylation is 1. The van der Waals surface area contributed by atoms with Crippen molar-refractivity contribution in [3.05, 3.63) is 126 Å². The Hall–Kier alpha value is -3.26. The van der Waals surface area contributed by atoms with Crippen LogP contribution in [0.25, 0.3) is 0 Å². The molecular weight excluding hydrogens is 487 g/mol. The quantitative estimate of drug-likeness (QED) is 0.159. The number of carbonyl (C=O) groups excluding carboxylic acids is 2. The molecule has 0 spiro atoms. The van der Waals surface area contributed by atoms with Gasteiger partial charge >= 0.3 is 219 Å². The summed E-state index contributed by atoms with van der Waals surface area (Å²) in [6, 6.07) is 37.5. The van der Waals surface area contributed by atoms with Gasteiger partial charge in [0.2, 0.25) is 0 Å². The third-order valence-electron chi connectivity index (χ3n) is 6.54. The van der Waals surface area contributed by atoms with Crippen molar-refractivity contribution in [3.63, 3.8) is 0 Å². The molecule has 5 heteroatoms. The number of halogens is 1. The molecule has 0 N–H and O–H groups in total. The second-order valence-corrected chi connectivity index (χ2v) is 13.0. The molecule has 0 aliphatic heterocycles. The van der Waals surface area contributed by atoms with E-state index < -0.39 is 18.9 Å². The van der Waals surface area contributed by atoms with E-state index in [9.17, 15) is 9.59 Å². The molecule has 1 atom stereocenters. The van der Waals surface area contributed by atoms with Crippen molar-refractivity contribution >= 4 is 46.5 Å². The van der Waals surface area contributed by atoms with Gasteiger partial charge in [-0.25, -0.2) is 0 Å². The zero-order valence-corrected chi connectivity index (χ0v) is 22.0. The fourth-order valence-corrected chi connectivity index (χ4v) is 10.3. The van der Waals surface area contributed by atoms with Crippen LogP contribution in [0.15, 0.2) is 115 Å². The van der Waals surface area contributed by atoms with E-state index in [1.807, 2.05) is 115 Å². The Morgan fingerprint density at radius 1 is 0.722 bits per heavy atom. The van der Waals surface area contributed by atoms with Crippen molar-refractivity contribution < 1.29 is 14.3 Å². The van der Waals surface area contributed by atoms with Gasteiger partial charge in [0.1, 0.15) is 0 Å². The van der Waals surface area contributed by atoms with Gasteiger partial charge in [-0.3, -0.25) is 0 Å². The van der Waals surface area contributed by atoms with Gasteiger partial charge in [-0.15, -0.1) is 0 Å². The molecule has 0 radical (unpaired) electrons. The third kappa shape index (κ3) is 5.43. The molecule has 0 fully saturated rings. The molecule has 0 heterocycles. The molecule has 0 saturated heterocycles. The van der Waals surface area contributed by atoms with Gasteiger partial charge in [-0.1, -0.05) is 0 Å². The first-order valence-electron chi connectivity index (χ1n) is 12.2. The third-order valence-corrected chi connectivity index (χ3v) is 11.9. The molecule has 4 aromatic carbocycles. The van der Waals surface area contributed by atoms with Crippen molar-refractivity contribution in [1.29, 1.82) is 0 Å². The van der Waals surface area contributed by atoms with Gasteiger partial charge in [0.25, 0.3) is 0 Å². The van der Waals surface area contributed by atoms with E-state index in [0.29, 0.717) is 11.4 Å². The Morgan fingerprint density at radius 2 is 1.17 bits per heavy atom. The van der Waals surface area contributed by atoms with Crippen molar-refractivity contribution in [2.75, 3.05) is 6.61 Å². The molecule has 0 saturated carbocycles. The summed E-state index contributed by atoms with van der Waals surface area (Å²) >= 11 is 6.04. The Morgan fingerprint density at radius 3 is 1.58 bits per heavy atom. The van der Waals surface area contributed by atoms with E-state index in [1.54, 1.807) is 6.92 Å². The Balaban J connectivity index is 1.92. The fraction of sp³-hybridized carbons (Fsp3) is 0.161. The summed E-state index contributed by atoms with van der Waals surface area (Å²) in [7, 11) is -3.21. The number of rotatable bonds is 10. The normalized spacial score (nSPS) is 12.5. The van der Waals surface area contributed by atoms with Crippen molar-refractivity contribution in [1.82, 2.24) is 0 Å². The van der Waals surface area contributed by atoms with Gasteiger partial charge in [0.05, 0.1) is 0 Å². The zero-order valence-electron chi connectivity index (χ0n) is 20.3. The summed E-state index contributed by atoms with van der Waals surface area (Å²) in [5.41, 5.74) is 0.0682. The fourth-order valence-electron chi connectivity index (χ4n) is 4.94. The van der Waals surface area contributed by atoms with E-state index in [-0.39, 0.29) is 18.8 Å². The Kier molecular flexibility index (Phi) is 8.70. The van der Waals surface area contributed by atoms with Gasteiger partial charge in [0.15, 0.2) is 0 Å². The molecule has 1 unspecified atom stereocenters. The monoisotopic (exact) mass is 516 g/mol. The van der Waals surface area contributed by atoms with Crippen LogP contribution in [0.3, 0.4) is 0 Å². The van der Waals surface area contributed by atoms with Crippen LogP contribution < -0.4 is 15.9 Å². The summed E-state index contributed by atoms with van der Waals surface area (Å²) in [6.45, 7) is 1.99. The van der Waals surface area contributed by atoms with Crippen LogP contribution in [0.1, 0.15) is 18.9 Å². The number of benzene rings is 4. The molecular formula is C31H30ClO3P. The number of carbonyl (C=O) groups is 2. The molecule has 0 aromatic heterocycles. The van der Waals surface area contributed by atoms with Gasteiger partial charge < -0.3 is 0 Å².